The average molecular weight is 160 g/mol. The van der Waals surface area contributed by atoms with Gasteiger partial charge in [0.1, 0.15) is 0 Å². The highest BCUT2D eigenvalue weighted by Crippen LogP contribution is 2.10. The van der Waals surface area contributed by atoms with Gasteiger partial charge in [-0.2, -0.15) is 0 Å². The summed E-state index contributed by atoms with van der Waals surface area (Å²) in [5.74, 6) is 0.589. The standard InChI is InChI=1S/C9H20O2/c1-8(2)6-11-9(3,4)7-10-5/h8H,6-7H2,1-5H3. The summed E-state index contributed by atoms with van der Waals surface area (Å²) < 4.78 is 10.6. The van der Waals surface area contributed by atoms with Gasteiger partial charge in [-0.25, -0.2) is 0 Å². The van der Waals surface area contributed by atoms with Gasteiger partial charge in [0, 0.05) is 13.7 Å². The lowest BCUT2D eigenvalue weighted by Crippen LogP contribution is -2.31. The first kappa shape index (κ1) is 10.9. The summed E-state index contributed by atoms with van der Waals surface area (Å²) in [4.78, 5) is 0. The third-order valence-corrected chi connectivity index (χ3v) is 1.30. The Hall–Kier alpha value is -0.0800. The van der Waals surface area contributed by atoms with E-state index in [1.54, 1.807) is 7.11 Å². The van der Waals surface area contributed by atoms with E-state index < -0.39 is 0 Å². The molecule has 0 spiro atoms. The third-order valence-electron chi connectivity index (χ3n) is 1.30. The summed E-state index contributed by atoms with van der Waals surface area (Å²) in [6, 6.07) is 0. The molecule has 0 aliphatic heterocycles. The first-order valence-corrected chi connectivity index (χ1v) is 4.11. The van der Waals surface area contributed by atoms with Crippen molar-refractivity contribution >= 4 is 0 Å². The second-order valence-corrected chi connectivity index (χ2v) is 3.90. The number of hydrogen-bond acceptors (Lipinski definition) is 2. The average Bonchev–Trinajstić information content (AvgIpc) is 1.84. The van der Waals surface area contributed by atoms with Gasteiger partial charge in [0.25, 0.3) is 0 Å². The van der Waals surface area contributed by atoms with Gasteiger partial charge in [0.2, 0.25) is 0 Å². The molecule has 0 heterocycles. The Labute approximate surface area is 69.9 Å². The quantitative estimate of drug-likeness (QED) is 0.613. The zero-order valence-corrected chi connectivity index (χ0v) is 8.31. The fourth-order valence-corrected chi connectivity index (χ4v) is 0.782. The molecule has 0 rings (SSSR count). The van der Waals surface area contributed by atoms with E-state index in [9.17, 15) is 0 Å². The Balaban J connectivity index is 3.54. The number of rotatable bonds is 5. The first-order valence-electron chi connectivity index (χ1n) is 4.11. The normalized spacial score (nSPS) is 12.5. The Kier molecular flexibility index (Phi) is 4.69. The van der Waals surface area contributed by atoms with Crippen LogP contribution in [0.1, 0.15) is 27.7 Å². The Morgan fingerprint density at radius 2 is 1.82 bits per heavy atom. The second kappa shape index (κ2) is 4.73. The van der Waals surface area contributed by atoms with Crippen molar-refractivity contribution in [1.29, 1.82) is 0 Å². The summed E-state index contributed by atoms with van der Waals surface area (Å²) in [5.41, 5.74) is -0.140. The molecule has 0 aromatic heterocycles. The minimum Gasteiger partial charge on any atom is -0.382 e. The van der Waals surface area contributed by atoms with E-state index in [1.165, 1.54) is 0 Å². The van der Waals surface area contributed by atoms with Gasteiger partial charge in [0.15, 0.2) is 0 Å². The van der Waals surface area contributed by atoms with E-state index in [2.05, 4.69) is 13.8 Å². The lowest BCUT2D eigenvalue weighted by molar-refractivity contribution is -0.0733. The van der Waals surface area contributed by atoms with Crippen LogP contribution >= 0.6 is 0 Å². The van der Waals surface area contributed by atoms with Crippen molar-refractivity contribution in [3.8, 4) is 0 Å². The number of hydrogen-bond donors (Lipinski definition) is 0. The van der Waals surface area contributed by atoms with E-state index in [1.807, 2.05) is 13.8 Å². The molecule has 0 radical (unpaired) electrons. The molecule has 0 aromatic carbocycles. The van der Waals surface area contributed by atoms with Crippen molar-refractivity contribution < 1.29 is 9.47 Å². The van der Waals surface area contributed by atoms with Crippen LogP contribution in [0.5, 0.6) is 0 Å². The molecule has 0 N–H and O–H groups in total. The van der Waals surface area contributed by atoms with Gasteiger partial charge in [-0.05, 0) is 19.8 Å². The lowest BCUT2D eigenvalue weighted by Gasteiger charge is -2.25. The molecule has 2 nitrogen and oxygen atoms in total. The molecule has 0 atom stereocenters. The molecule has 68 valence electrons. The summed E-state index contributed by atoms with van der Waals surface area (Å²) in [5, 5.41) is 0. The molecule has 0 unspecified atom stereocenters. The topological polar surface area (TPSA) is 18.5 Å². The summed E-state index contributed by atoms with van der Waals surface area (Å²) in [6.45, 7) is 9.82. The predicted molar refractivity (Wildman–Crippen MR) is 46.7 cm³/mol. The van der Waals surface area contributed by atoms with Crippen LogP contribution in [0.4, 0.5) is 0 Å². The molecule has 0 fully saturated rings. The van der Waals surface area contributed by atoms with Crippen LogP contribution in [0.2, 0.25) is 0 Å². The van der Waals surface area contributed by atoms with Crippen molar-refractivity contribution in [2.75, 3.05) is 20.3 Å². The lowest BCUT2D eigenvalue weighted by atomic mass is 10.1. The molecular weight excluding hydrogens is 140 g/mol. The second-order valence-electron chi connectivity index (χ2n) is 3.90. The highest BCUT2D eigenvalue weighted by Gasteiger charge is 2.17. The van der Waals surface area contributed by atoms with E-state index in [0.29, 0.717) is 12.5 Å². The van der Waals surface area contributed by atoms with Gasteiger partial charge in [-0.15, -0.1) is 0 Å². The van der Waals surface area contributed by atoms with Gasteiger partial charge in [-0.3, -0.25) is 0 Å². The van der Waals surface area contributed by atoms with E-state index >= 15 is 0 Å². The largest absolute Gasteiger partial charge is 0.382 e. The Morgan fingerprint density at radius 3 is 2.18 bits per heavy atom. The molecule has 0 aliphatic rings. The van der Waals surface area contributed by atoms with Crippen molar-refractivity contribution in [3.63, 3.8) is 0 Å². The maximum atomic E-state index is 5.61. The predicted octanol–water partition coefficient (Wildman–Crippen LogP) is 2.08. The van der Waals surface area contributed by atoms with Crippen molar-refractivity contribution in [2.45, 2.75) is 33.3 Å². The molecule has 0 bridgehead atoms. The van der Waals surface area contributed by atoms with Crippen LogP contribution in [0.25, 0.3) is 0 Å². The number of ether oxygens (including phenoxy) is 2. The molecule has 0 saturated carbocycles. The van der Waals surface area contributed by atoms with Gasteiger partial charge < -0.3 is 9.47 Å². The fraction of sp³-hybridized carbons (Fsp3) is 1.00. The van der Waals surface area contributed by atoms with Crippen LogP contribution < -0.4 is 0 Å². The van der Waals surface area contributed by atoms with Crippen LogP contribution in [0, 0.1) is 5.92 Å². The summed E-state index contributed by atoms with van der Waals surface area (Å²) in [6.07, 6.45) is 0. The van der Waals surface area contributed by atoms with Crippen LogP contribution in [-0.2, 0) is 9.47 Å². The van der Waals surface area contributed by atoms with E-state index in [-0.39, 0.29) is 5.60 Å². The van der Waals surface area contributed by atoms with Gasteiger partial charge >= 0.3 is 0 Å². The highest BCUT2D eigenvalue weighted by molar-refractivity contribution is 4.67. The molecule has 0 aliphatic carbocycles. The zero-order chi connectivity index (χ0) is 8.91. The molecule has 2 heteroatoms. The van der Waals surface area contributed by atoms with Crippen molar-refractivity contribution in [3.05, 3.63) is 0 Å². The van der Waals surface area contributed by atoms with Gasteiger partial charge in [-0.1, -0.05) is 13.8 Å². The minimum absolute atomic E-state index is 0.140. The zero-order valence-electron chi connectivity index (χ0n) is 8.31. The molecular formula is C9H20O2. The molecule has 11 heavy (non-hydrogen) atoms. The molecule has 0 saturated heterocycles. The van der Waals surface area contributed by atoms with E-state index in [0.717, 1.165) is 6.61 Å². The first-order chi connectivity index (χ1) is 4.98. The number of methoxy groups -OCH3 is 1. The molecule has 0 amide bonds. The smallest absolute Gasteiger partial charge is 0.0858 e. The fourth-order valence-electron chi connectivity index (χ4n) is 0.782. The van der Waals surface area contributed by atoms with Crippen molar-refractivity contribution in [1.82, 2.24) is 0 Å². The van der Waals surface area contributed by atoms with Crippen LogP contribution in [0.3, 0.4) is 0 Å². The SMILES string of the molecule is COCC(C)(C)OCC(C)C. The van der Waals surface area contributed by atoms with E-state index in [4.69, 9.17) is 9.47 Å². The summed E-state index contributed by atoms with van der Waals surface area (Å²) >= 11 is 0. The third kappa shape index (κ3) is 6.32. The Morgan fingerprint density at radius 1 is 1.27 bits per heavy atom. The van der Waals surface area contributed by atoms with Crippen molar-refractivity contribution in [2.24, 2.45) is 5.92 Å². The minimum atomic E-state index is -0.140. The van der Waals surface area contributed by atoms with Crippen LogP contribution in [-0.4, -0.2) is 25.9 Å². The summed E-state index contributed by atoms with van der Waals surface area (Å²) in [7, 11) is 1.69. The van der Waals surface area contributed by atoms with Crippen LogP contribution in [0.15, 0.2) is 0 Å². The monoisotopic (exact) mass is 160 g/mol. The maximum Gasteiger partial charge on any atom is 0.0858 e. The Bertz CT molecular complexity index is 97.7. The maximum absolute atomic E-state index is 5.61. The highest BCUT2D eigenvalue weighted by atomic mass is 16.5. The molecule has 0 aromatic rings. The van der Waals surface area contributed by atoms with Gasteiger partial charge in [0.05, 0.1) is 12.2 Å².